The summed E-state index contributed by atoms with van der Waals surface area (Å²) in [6.45, 7) is 6.68. The van der Waals surface area contributed by atoms with Crippen LogP contribution >= 0.6 is 10.8 Å². The van der Waals surface area contributed by atoms with Crippen LogP contribution < -0.4 is 5.32 Å². The summed E-state index contributed by atoms with van der Waals surface area (Å²) in [6.07, 6.45) is 2.52. The maximum atomic E-state index is 12.0. The fraction of sp³-hybridized carbons (Fsp3) is 0.556. The molecular weight excluding hydrogens is 354 g/mol. The Morgan fingerprint density at radius 2 is 2.08 bits per heavy atom. The summed E-state index contributed by atoms with van der Waals surface area (Å²) in [6, 6.07) is 7.26. The number of nitrogens with zero attached hydrogens (tertiary/aromatic N) is 2. The number of amidine groups is 1. The molecule has 0 bridgehead atoms. The SMILES string of the molecule is CC(C)(C)OC(=O)NCC1CCCCN1C1=NS(O)(O)c2ccccc21. The molecule has 1 atom stereocenters. The number of nitrogens with one attached hydrogen (secondary N) is 1. The van der Waals surface area contributed by atoms with Gasteiger partial charge < -0.3 is 15.0 Å². The first-order valence-corrected chi connectivity index (χ1v) is 10.4. The molecule has 1 unspecified atom stereocenters. The Morgan fingerprint density at radius 3 is 2.81 bits per heavy atom. The minimum absolute atomic E-state index is 0.0383. The number of likely N-dealkylation sites (tertiary alicyclic amines) is 1. The summed E-state index contributed by atoms with van der Waals surface area (Å²) in [5.74, 6) is 0.608. The van der Waals surface area contributed by atoms with Crippen LogP contribution in [0.5, 0.6) is 0 Å². The smallest absolute Gasteiger partial charge is 0.407 e. The van der Waals surface area contributed by atoms with Crippen LogP contribution in [0, 0.1) is 0 Å². The highest BCUT2D eigenvalue weighted by molar-refractivity contribution is 8.23. The number of hydrogen-bond acceptors (Lipinski definition) is 6. The largest absolute Gasteiger partial charge is 0.444 e. The first-order valence-electron chi connectivity index (χ1n) is 8.88. The lowest BCUT2D eigenvalue weighted by Crippen LogP contribution is -2.50. The van der Waals surface area contributed by atoms with E-state index in [1.807, 2.05) is 32.9 Å². The Kier molecular flexibility index (Phi) is 5.18. The minimum Gasteiger partial charge on any atom is -0.444 e. The van der Waals surface area contributed by atoms with Crippen molar-refractivity contribution in [1.82, 2.24) is 10.2 Å². The molecule has 1 saturated heterocycles. The van der Waals surface area contributed by atoms with Gasteiger partial charge in [0.1, 0.15) is 5.60 Å². The van der Waals surface area contributed by atoms with Crippen molar-refractivity contribution in [3.8, 4) is 0 Å². The van der Waals surface area contributed by atoms with Crippen LogP contribution in [0.3, 0.4) is 0 Å². The molecule has 0 aromatic heterocycles. The monoisotopic (exact) mass is 381 g/mol. The molecule has 3 rings (SSSR count). The van der Waals surface area contributed by atoms with Crippen molar-refractivity contribution in [3.63, 3.8) is 0 Å². The summed E-state index contributed by atoms with van der Waals surface area (Å²) in [5, 5.41) is 2.83. The summed E-state index contributed by atoms with van der Waals surface area (Å²) in [5.41, 5.74) is 0.221. The van der Waals surface area contributed by atoms with Gasteiger partial charge in [-0.2, -0.15) is 0 Å². The average Bonchev–Trinajstić information content (AvgIpc) is 2.84. The molecule has 2 heterocycles. The molecule has 1 aromatic rings. The van der Waals surface area contributed by atoms with Gasteiger partial charge in [0.2, 0.25) is 0 Å². The summed E-state index contributed by atoms with van der Waals surface area (Å²) < 4.78 is 30.2. The van der Waals surface area contributed by atoms with E-state index in [2.05, 4.69) is 14.6 Å². The van der Waals surface area contributed by atoms with Crippen molar-refractivity contribution in [1.29, 1.82) is 0 Å². The molecule has 1 amide bonds. The molecule has 1 aromatic carbocycles. The number of carbonyl (C=O) groups excluding carboxylic acids is 1. The molecule has 2 aliphatic heterocycles. The normalized spacial score (nSPS) is 23.0. The second-order valence-corrected chi connectivity index (χ2v) is 9.32. The zero-order valence-corrected chi connectivity index (χ0v) is 16.3. The molecule has 3 N–H and O–H groups in total. The van der Waals surface area contributed by atoms with E-state index >= 15 is 0 Å². The third kappa shape index (κ3) is 4.13. The van der Waals surface area contributed by atoms with Crippen LogP contribution in [0.1, 0.15) is 45.6 Å². The maximum Gasteiger partial charge on any atom is 0.407 e. The van der Waals surface area contributed by atoms with Crippen LogP contribution in [-0.2, 0) is 4.74 Å². The second kappa shape index (κ2) is 7.09. The molecule has 0 radical (unpaired) electrons. The number of rotatable bonds is 2. The highest BCUT2D eigenvalue weighted by Crippen LogP contribution is 2.56. The summed E-state index contributed by atoms with van der Waals surface area (Å²) >= 11 is 0. The fourth-order valence-corrected chi connectivity index (χ4v) is 4.58. The van der Waals surface area contributed by atoms with Crippen LogP contribution in [0.15, 0.2) is 33.6 Å². The molecular formula is C18H27N3O4S. The lowest BCUT2D eigenvalue weighted by Gasteiger charge is -2.37. The predicted molar refractivity (Wildman–Crippen MR) is 103 cm³/mol. The van der Waals surface area contributed by atoms with E-state index in [1.54, 1.807) is 12.1 Å². The Labute approximate surface area is 155 Å². The van der Waals surface area contributed by atoms with Gasteiger partial charge in [-0.25, -0.2) is 4.79 Å². The van der Waals surface area contributed by atoms with Crippen molar-refractivity contribution in [2.45, 2.75) is 56.6 Å². The van der Waals surface area contributed by atoms with Crippen molar-refractivity contribution >= 4 is 22.7 Å². The van der Waals surface area contributed by atoms with Gasteiger partial charge in [0.15, 0.2) is 5.84 Å². The molecule has 1 fully saturated rings. The highest BCUT2D eigenvalue weighted by atomic mass is 32.3. The maximum absolute atomic E-state index is 12.0. The van der Waals surface area contributed by atoms with Crippen LogP contribution in [-0.4, -0.2) is 50.7 Å². The van der Waals surface area contributed by atoms with E-state index in [-0.39, 0.29) is 6.04 Å². The van der Waals surface area contributed by atoms with Gasteiger partial charge in [-0.15, -0.1) is 4.40 Å². The van der Waals surface area contributed by atoms with Crippen LogP contribution in [0.25, 0.3) is 0 Å². The molecule has 26 heavy (non-hydrogen) atoms. The molecule has 7 nitrogen and oxygen atoms in total. The quantitative estimate of drug-likeness (QED) is 0.723. The first-order chi connectivity index (χ1) is 12.2. The number of alkyl carbamates (subject to hydrolysis) is 1. The molecule has 2 aliphatic rings. The van der Waals surface area contributed by atoms with E-state index in [1.165, 1.54) is 0 Å². The number of fused-ring (bicyclic) bond motifs is 1. The first kappa shape index (κ1) is 19.0. The minimum atomic E-state index is -3.15. The number of piperidine rings is 1. The lowest BCUT2D eigenvalue weighted by atomic mass is 10.0. The highest BCUT2D eigenvalue weighted by Gasteiger charge is 2.36. The number of ether oxygens (including phenoxy) is 1. The molecule has 8 heteroatoms. The van der Waals surface area contributed by atoms with E-state index in [0.29, 0.717) is 17.3 Å². The van der Waals surface area contributed by atoms with Gasteiger partial charge in [0.25, 0.3) is 0 Å². The van der Waals surface area contributed by atoms with Gasteiger partial charge >= 0.3 is 6.09 Å². The Bertz CT molecular complexity index is 715. The molecule has 0 saturated carbocycles. The fourth-order valence-electron chi connectivity index (χ4n) is 3.32. The van der Waals surface area contributed by atoms with Crippen LogP contribution in [0.4, 0.5) is 4.79 Å². The topological polar surface area (TPSA) is 94.4 Å². The Hall–Kier alpha value is -1.77. The second-order valence-electron chi connectivity index (χ2n) is 7.66. The van der Waals surface area contributed by atoms with E-state index in [9.17, 15) is 13.9 Å². The third-order valence-electron chi connectivity index (χ3n) is 4.42. The van der Waals surface area contributed by atoms with Crippen molar-refractivity contribution < 1.29 is 18.6 Å². The summed E-state index contributed by atoms with van der Waals surface area (Å²) in [4.78, 5) is 14.5. The molecule has 0 aliphatic carbocycles. The van der Waals surface area contributed by atoms with Crippen molar-refractivity contribution in [2.75, 3.05) is 13.1 Å². The predicted octanol–water partition coefficient (Wildman–Crippen LogP) is 3.85. The van der Waals surface area contributed by atoms with Gasteiger partial charge in [0.05, 0.1) is 4.90 Å². The van der Waals surface area contributed by atoms with Crippen molar-refractivity contribution in [3.05, 3.63) is 29.8 Å². The lowest BCUT2D eigenvalue weighted by molar-refractivity contribution is 0.0510. The van der Waals surface area contributed by atoms with Gasteiger partial charge in [0, 0.05) is 24.7 Å². The van der Waals surface area contributed by atoms with Crippen molar-refractivity contribution in [2.24, 2.45) is 4.40 Å². The zero-order valence-electron chi connectivity index (χ0n) is 15.4. The molecule has 0 spiro atoms. The van der Waals surface area contributed by atoms with E-state index in [4.69, 9.17) is 4.74 Å². The third-order valence-corrected chi connectivity index (χ3v) is 5.79. The number of benzene rings is 1. The molecule has 144 valence electrons. The van der Waals surface area contributed by atoms with Gasteiger partial charge in [-0.1, -0.05) is 22.9 Å². The van der Waals surface area contributed by atoms with E-state index < -0.39 is 22.5 Å². The Morgan fingerprint density at radius 1 is 1.35 bits per heavy atom. The summed E-state index contributed by atoms with van der Waals surface area (Å²) in [7, 11) is -3.15. The number of carbonyl (C=O) groups is 1. The average molecular weight is 381 g/mol. The van der Waals surface area contributed by atoms with E-state index in [0.717, 1.165) is 31.4 Å². The Balaban J connectivity index is 1.75. The zero-order chi connectivity index (χ0) is 18.9. The van der Waals surface area contributed by atoms with Gasteiger partial charge in [-0.05, 0) is 52.2 Å². The van der Waals surface area contributed by atoms with Gasteiger partial charge in [-0.3, -0.25) is 9.11 Å². The number of hydrogen-bond donors (Lipinski definition) is 3. The van der Waals surface area contributed by atoms with Crippen LogP contribution in [0.2, 0.25) is 0 Å². The standard InChI is InChI=1S/C18H27N3O4S/c1-18(2,3)25-17(22)19-12-13-8-6-7-11-21(13)16-14-9-4-5-10-15(14)26(23,24)20-16/h4-5,9-10,13,23-24H,6-8,11-12H2,1-3H3,(H,19,22). The number of amides is 1.